The van der Waals surface area contributed by atoms with Crippen LogP contribution in [0.5, 0.6) is 0 Å². The number of nitrogens with one attached hydrogen (secondary N) is 3. The monoisotopic (exact) mass is 398 g/mol. The van der Waals surface area contributed by atoms with E-state index in [0.29, 0.717) is 13.1 Å². The third-order valence-electron chi connectivity index (χ3n) is 5.51. The lowest BCUT2D eigenvalue weighted by Crippen LogP contribution is -3.14. The van der Waals surface area contributed by atoms with Gasteiger partial charge in [-0.15, -0.1) is 0 Å². The number of piperazine rings is 1. The molecule has 1 aliphatic heterocycles. The highest BCUT2D eigenvalue weighted by Crippen LogP contribution is 2.17. The van der Waals surface area contributed by atoms with Crippen LogP contribution in [0.4, 0.5) is 0 Å². The second-order valence-electron chi connectivity index (χ2n) is 8.48. The number of hydrogen-bond acceptors (Lipinski definition) is 2. The van der Waals surface area contributed by atoms with Crippen molar-refractivity contribution in [3.05, 3.63) is 48.0 Å². The number of carbonyl (C=O) groups is 2. The fourth-order valence-electron chi connectivity index (χ4n) is 4.04. The molecule has 3 rings (SSSR count). The maximum atomic E-state index is 12.6. The molecular weight excluding hydrogens is 364 g/mol. The summed E-state index contributed by atoms with van der Waals surface area (Å²) in [5.74, 6) is 0.138. The normalized spacial score (nSPS) is 16.2. The molecule has 2 amide bonds. The van der Waals surface area contributed by atoms with Gasteiger partial charge in [0.15, 0.2) is 13.1 Å². The van der Waals surface area contributed by atoms with Crippen LogP contribution in [0, 0.1) is 0 Å². The van der Waals surface area contributed by atoms with Crippen LogP contribution in [-0.2, 0) is 16.1 Å². The molecule has 1 aliphatic rings. The molecule has 1 heterocycles. The molecule has 2 aromatic rings. The van der Waals surface area contributed by atoms with Crippen molar-refractivity contribution < 1.29 is 19.4 Å². The molecule has 6 heteroatoms. The highest BCUT2D eigenvalue weighted by Gasteiger charge is 2.26. The quantitative estimate of drug-likeness (QED) is 0.567. The predicted octanol–water partition coefficient (Wildman–Crippen LogP) is -0.894. The molecule has 0 bridgehead atoms. The molecular formula is C23H34N4O2+2. The van der Waals surface area contributed by atoms with Crippen molar-refractivity contribution >= 4 is 22.6 Å². The Hall–Kier alpha value is -2.44. The van der Waals surface area contributed by atoms with Crippen molar-refractivity contribution in [1.29, 1.82) is 0 Å². The molecule has 6 nitrogen and oxygen atoms in total. The van der Waals surface area contributed by atoms with Crippen molar-refractivity contribution in [3.63, 3.8) is 0 Å². The Balaban J connectivity index is 1.47. The van der Waals surface area contributed by atoms with Crippen molar-refractivity contribution in [2.45, 2.75) is 26.4 Å². The molecule has 0 saturated carbocycles. The molecule has 0 radical (unpaired) electrons. The maximum absolute atomic E-state index is 12.6. The summed E-state index contributed by atoms with van der Waals surface area (Å²) in [6.07, 6.45) is 0. The Morgan fingerprint density at radius 1 is 1.07 bits per heavy atom. The lowest BCUT2D eigenvalue weighted by molar-refractivity contribution is -0.917. The third-order valence-corrected chi connectivity index (χ3v) is 5.51. The summed E-state index contributed by atoms with van der Waals surface area (Å²) in [6.45, 7) is 9.06. The Bertz CT molecular complexity index is 838. The summed E-state index contributed by atoms with van der Waals surface area (Å²) in [5.41, 5.74) is 1.37. The molecule has 0 aliphatic carbocycles. The molecule has 3 N–H and O–H groups in total. The van der Waals surface area contributed by atoms with Crippen LogP contribution < -0.4 is 15.1 Å². The molecule has 156 valence electrons. The van der Waals surface area contributed by atoms with E-state index in [0.717, 1.165) is 37.6 Å². The van der Waals surface area contributed by atoms with E-state index in [4.69, 9.17) is 0 Å². The zero-order valence-electron chi connectivity index (χ0n) is 17.8. The van der Waals surface area contributed by atoms with Crippen LogP contribution in [0.25, 0.3) is 10.8 Å². The number of fused-ring (bicyclic) bond motifs is 1. The molecule has 1 atom stereocenters. The van der Waals surface area contributed by atoms with Crippen LogP contribution >= 0.6 is 0 Å². The van der Waals surface area contributed by atoms with Gasteiger partial charge in [0, 0.05) is 11.6 Å². The van der Waals surface area contributed by atoms with E-state index in [-0.39, 0.29) is 17.9 Å². The maximum Gasteiger partial charge on any atom is 0.278 e. The van der Waals surface area contributed by atoms with Crippen LogP contribution in [-0.4, -0.2) is 69.1 Å². The fourth-order valence-corrected chi connectivity index (χ4v) is 4.04. The minimum absolute atomic E-state index is 0.00495. The average molecular weight is 399 g/mol. The standard InChI is InChI=1S/C23H32N4O2/c1-18(2)24-22(28)16-25(3)17-23(29)27-13-11-26(12-14-27)15-20-9-6-8-19-7-4-5-10-21(19)20/h4-10,18H,11-17H2,1-3H3,(H,24,28)/p+2. The third kappa shape index (κ3) is 6.02. The zero-order chi connectivity index (χ0) is 20.8. The van der Waals surface area contributed by atoms with E-state index in [2.05, 4.69) is 47.8 Å². The van der Waals surface area contributed by atoms with Crippen LogP contribution in [0.2, 0.25) is 0 Å². The minimum Gasteiger partial charge on any atom is -0.349 e. The number of quaternary nitrogens is 2. The van der Waals surface area contributed by atoms with E-state index in [1.807, 2.05) is 25.8 Å². The highest BCUT2D eigenvalue weighted by molar-refractivity contribution is 5.85. The minimum atomic E-state index is -0.00495. The zero-order valence-corrected chi connectivity index (χ0v) is 17.8. The van der Waals surface area contributed by atoms with E-state index < -0.39 is 0 Å². The van der Waals surface area contributed by atoms with Gasteiger partial charge in [0.1, 0.15) is 6.54 Å². The van der Waals surface area contributed by atoms with Gasteiger partial charge in [0.2, 0.25) is 0 Å². The smallest absolute Gasteiger partial charge is 0.278 e. The average Bonchev–Trinajstić information content (AvgIpc) is 2.68. The summed E-state index contributed by atoms with van der Waals surface area (Å²) in [7, 11) is 1.90. The van der Waals surface area contributed by atoms with Gasteiger partial charge >= 0.3 is 0 Å². The predicted molar refractivity (Wildman–Crippen MR) is 115 cm³/mol. The Kier molecular flexibility index (Phi) is 7.23. The molecule has 0 aromatic heterocycles. The summed E-state index contributed by atoms with van der Waals surface area (Å²) in [5, 5.41) is 5.49. The van der Waals surface area contributed by atoms with Crippen molar-refractivity contribution in [2.75, 3.05) is 46.3 Å². The van der Waals surface area contributed by atoms with Gasteiger partial charge in [-0.05, 0) is 24.6 Å². The second-order valence-corrected chi connectivity index (χ2v) is 8.48. The SMILES string of the molecule is CC(C)NC(=O)C[NH+](C)CC(=O)N1CC[NH+](Cc2cccc3ccccc23)CC1. The number of benzene rings is 2. The highest BCUT2D eigenvalue weighted by atomic mass is 16.2. The fraction of sp³-hybridized carbons (Fsp3) is 0.478. The van der Waals surface area contributed by atoms with Gasteiger partial charge in [0.05, 0.1) is 33.2 Å². The first-order chi connectivity index (χ1) is 13.9. The summed E-state index contributed by atoms with van der Waals surface area (Å²) in [6, 6.07) is 15.2. The number of amides is 2. The molecule has 1 saturated heterocycles. The largest absolute Gasteiger partial charge is 0.349 e. The van der Waals surface area contributed by atoms with Gasteiger partial charge in [0.25, 0.3) is 11.8 Å². The van der Waals surface area contributed by atoms with Crippen molar-refractivity contribution in [3.8, 4) is 0 Å². The number of rotatable bonds is 7. The lowest BCUT2D eigenvalue weighted by Gasteiger charge is -2.32. The molecule has 2 aromatic carbocycles. The Morgan fingerprint density at radius 3 is 2.48 bits per heavy atom. The molecule has 29 heavy (non-hydrogen) atoms. The van der Waals surface area contributed by atoms with Gasteiger partial charge in [-0.2, -0.15) is 0 Å². The number of carbonyl (C=O) groups excluding carboxylic acids is 2. The van der Waals surface area contributed by atoms with E-state index in [9.17, 15) is 9.59 Å². The first kappa shape index (κ1) is 21.3. The first-order valence-electron chi connectivity index (χ1n) is 10.6. The van der Waals surface area contributed by atoms with E-state index in [1.165, 1.54) is 21.2 Å². The summed E-state index contributed by atoms with van der Waals surface area (Å²) < 4.78 is 0. The van der Waals surface area contributed by atoms with Gasteiger partial charge < -0.3 is 20.0 Å². The van der Waals surface area contributed by atoms with Crippen LogP contribution in [0.3, 0.4) is 0 Å². The Morgan fingerprint density at radius 2 is 1.76 bits per heavy atom. The van der Waals surface area contributed by atoms with Gasteiger partial charge in [-0.3, -0.25) is 9.59 Å². The molecule has 0 spiro atoms. The molecule has 1 unspecified atom stereocenters. The van der Waals surface area contributed by atoms with Crippen LogP contribution in [0.15, 0.2) is 42.5 Å². The van der Waals surface area contributed by atoms with Gasteiger partial charge in [-0.25, -0.2) is 0 Å². The topological polar surface area (TPSA) is 58.3 Å². The number of hydrogen-bond donors (Lipinski definition) is 3. The Labute approximate surface area is 173 Å². The van der Waals surface area contributed by atoms with Crippen molar-refractivity contribution in [1.82, 2.24) is 10.2 Å². The summed E-state index contributed by atoms with van der Waals surface area (Å²) >= 11 is 0. The summed E-state index contributed by atoms with van der Waals surface area (Å²) in [4.78, 5) is 28.9. The van der Waals surface area contributed by atoms with E-state index >= 15 is 0 Å². The van der Waals surface area contributed by atoms with E-state index in [1.54, 1.807) is 0 Å². The second kappa shape index (κ2) is 9.85. The van der Waals surface area contributed by atoms with Gasteiger partial charge in [-0.1, -0.05) is 42.5 Å². The van der Waals surface area contributed by atoms with Crippen molar-refractivity contribution in [2.24, 2.45) is 0 Å². The number of likely N-dealkylation sites (N-methyl/N-ethyl adjacent to an activating group) is 1. The van der Waals surface area contributed by atoms with Crippen LogP contribution in [0.1, 0.15) is 19.4 Å². The molecule has 1 fully saturated rings. The first-order valence-corrected chi connectivity index (χ1v) is 10.6. The number of nitrogens with zero attached hydrogens (tertiary/aromatic N) is 1. The lowest BCUT2D eigenvalue weighted by atomic mass is 10.0.